The lowest BCUT2D eigenvalue weighted by molar-refractivity contribution is -0.143. The minimum Gasteiger partial charge on any atom is -0.467 e. The molecule has 9 heteroatoms. The maximum absolute atomic E-state index is 12.2. The highest BCUT2D eigenvalue weighted by molar-refractivity contribution is 6.63. The molecule has 0 fully saturated rings. The minimum atomic E-state index is -1.40. The summed E-state index contributed by atoms with van der Waals surface area (Å²) < 4.78 is 4.44. The van der Waals surface area contributed by atoms with E-state index in [1.807, 2.05) is 0 Å². The zero-order valence-corrected chi connectivity index (χ0v) is 12.6. The summed E-state index contributed by atoms with van der Waals surface area (Å²) in [5.74, 6) is -2.56. The standard InChI is InChI=1S/C14H11ClN2O6/c1-23-13(21)9(6-10(15)18)16-14(22)17-11(19)7-4-2-3-5-8(7)12(17)20/h2-5,9H,6H2,1H3,(H,16,22)/t9-/m0/s1. The average Bonchev–Trinajstić information content (AvgIpc) is 2.77. The highest BCUT2D eigenvalue weighted by Crippen LogP contribution is 2.22. The van der Waals surface area contributed by atoms with Crippen molar-refractivity contribution in [1.29, 1.82) is 0 Å². The van der Waals surface area contributed by atoms with E-state index in [1.54, 1.807) is 12.1 Å². The lowest BCUT2D eigenvalue weighted by atomic mass is 10.1. The number of rotatable bonds is 4. The summed E-state index contributed by atoms with van der Waals surface area (Å²) in [6.45, 7) is 0. The van der Waals surface area contributed by atoms with Crippen molar-refractivity contribution in [2.45, 2.75) is 12.5 Å². The van der Waals surface area contributed by atoms with Gasteiger partial charge in [0, 0.05) is 0 Å². The number of carbonyl (C=O) groups is 5. The van der Waals surface area contributed by atoms with Gasteiger partial charge in [-0.2, -0.15) is 4.90 Å². The maximum Gasteiger partial charge on any atom is 0.332 e. The number of methoxy groups -OCH3 is 1. The largest absolute Gasteiger partial charge is 0.467 e. The first kappa shape index (κ1) is 16.6. The normalized spacial score (nSPS) is 14.3. The van der Waals surface area contributed by atoms with Crippen molar-refractivity contribution in [1.82, 2.24) is 10.2 Å². The van der Waals surface area contributed by atoms with Gasteiger partial charge in [-0.3, -0.25) is 14.4 Å². The van der Waals surface area contributed by atoms with Gasteiger partial charge in [0.2, 0.25) is 5.24 Å². The summed E-state index contributed by atoms with van der Waals surface area (Å²) in [7, 11) is 1.06. The number of nitrogens with zero attached hydrogens (tertiary/aromatic N) is 1. The van der Waals surface area contributed by atoms with Gasteiger partial charge in [-0.15, -0.1) is 0 Å². The van der Waals surface area contributed by atoms with Gasteiger partial charge < -0.3 is 10.1 Å². The van der Waals surface area contributed by atoms with Crippen LogP contribution in [0, 0.1) is 0 Å². The second-order valence-electron chi connectivity index (χ2n) is 4.58. The monoisotopic (exact) mass is 338 g/mol. The maximum atomic E-state index is 12.2. The van der Waals surface area contributed by atoms with Crippen molar-refractivity contribution >= 4 is 40.7 Å². The van der Waals surface area contributed by atoms with E-state index in [1.165, 1.54) is 12.1 Å². The highest BCUT2D eigenvalue weighted by atomic mass is 35.5. The van der Waals surface area contributed by atoms with Gasteiger partial charge in [0.15, 0.2) is 0 Å². The number of esters is 1. The quantitative estimate of drug-likeness (QED) is 0.491. The van der Waals surface area contributed by atoms with E-state index in [0.29, 0.717) is 4.90 Å². The number of fused-ring (bicyclic) bond motifs is 1. The molecule has 1 atom stereocenters. The predicted molar refractivity (Wildman–Crippen MR) is 76.8 cm³/mol. The summed E-state index contributed by atoms with van der Waals surface area (Å²) in [5, 5.41) is 1.22. The molecule has 1 aliphatic heterocycles. The van der Waals surface area contributed by atoms with Crippen molar-refractivity contribution in [2.24, 2.45) is 0 Å². The van der Waals surface area contributed by atoms with E-state index in [-0.39, 0.29) is 11.1 Å². The Morgan fingerprint density at radius 2 is 1.70 bits per heavy atom. The number of ether oxygens (including phenoxy) is 1. The molecule has 0 radical (unpaired) electrons. The molecular formula is C14H11ClN2O6. The van der Waals surface area contributed by atoms with Crippen LogP contribution in [0.2, 0.25) is 0 Å². The number of urea groups is 1. The molecule has 0 saturated carbocycles. The summed E-state index contributed by atoms with van der Waals surface area (Å²) in [5.41, 5.74) is 0.159. The molecule has 1 heterocycles. The number of hydrogen-bond acceptors (Lipinski definition) is 6. The zero-order valence-electron chi connectivity index (χ0n) is 11.9. The molecule has 0 aliphatic carbocycles. The van der Waals surface area contributed by atoms with Gasteiger partial charge in [0.25, 0.3) is 11.8 Å². The van der Waals surface area contributed by atoms with Crippen LogP contribution in [0.15, 0.2) is 24.3 Å². The lowest BCUT2D eigenvalue weighted by Crippen LogP contribution is -2.50. The van der Waals surface area contributed by atoms with Crippen LogP contribution >= 0.6 is 11.6 Å². The van der Waals surface area contributed by atoms with Gasteiger partial charge in [-0.1, -0.05) is 12.1 Å². The Bertz CT molecular complexity index is 682. The predicted octanol–water partition coefficient (Wildman–Crippen LogP) is 0.689. The van der Waals surface area contributed by atoms with E-state index in [0.717, 1.165) is 7.11 Å². The molecule has 1 N–H and O–H groups in total. The van der Waals surface area contributed by atoms with E-state index in [2.05, 4.69) is 10.1 Å². The first-order valence-corrected chi connectivity index (χ1v) is 6.79. The molecule has 1 aromatic carbocycles. The van der Waals surface area contributed by atoms with Gasteiger partial charge in [-0.25, -0.2) is 9.59 Å². The Hall–Kier alpha value is -2.74. The highest BCUT2D eigenvalue weighted by Gasteiger charge is 2.41. The molecule has 4 amide bonds. The van der Waals surface area contributed by atoms with Crippen molar-refractivity contribution in [3.63, 3.8) is 0 Å². The third kappa shape index (κ3) is 3.21. The van der Waals surface area contributed by atoms with Crippen LogP contribution in [-0.2, 0) is 14.3 Å². The number of amides is 4. The molecule has 2 rings (SSSR count). The third-order valence-corrected chi connectivity index (χ3v) is 3.30. The smallest absolute Gasteiger partial charge is 0.332 e. The first-order chi connectivity index (χ1) is 10.9. The molecule has 0 aromatic heterocycles. The molecule has 0 bridgehead atoms. The molecule has 0 saturated heterocycles. The molecule has 23 heavy (non-hydrogen) atoms. The Labute approximate surface area is 135 Å². The second-order valence-corrected chi connectivity index (χ2v) is 5.00. The van der Waals surface area contributed by atoms with Crippen molar-refractivity contribution in [3.05, 3.63) is 35.4 Å². The lowest BCUT2D eigenvalue weighted by Gasteiger charge is -2.18. The molecule has 1 aromatic rings. The molecule has 0 spiro atoms. The number of benzene rings is 1. The van der Waals surface area contributed by atoms with Crippen LogP contribution in [-0.4, -0.2) is 47.1 Å². The fraction of sp³-hybridized carbons (Fsp3) is 0.214. The van der Waals surface area contributed by atoms with Crippen LogP contribution in [0.5, 0.6) is 0 Å². The third-order valence-electron chi connectivity index (χ3n) is 3.15. The summed E-state index contributed by atoms with van der Waals surface area (Å²) in [6, 6.07) is 3.38. The average molecular weight is 339 g/mol. The fourth-order valence-electron chi connectivity index (χ4n) is 2.08. The van der Waals surface area contributed by atoms with Crippen LogP contribution in [0.3, 0.4) is 0 Å². The van der Waals surface area contributed by atoms with E-state index < -0.39 is 41.5 Å². The minimum absolute atomic E-state index is 0.0793. The van der Waals surface area contributed by atoms with Crippen LogP contribution < -0.4 is 5.32 Å². The van der Waals surface area contributed by atoms with Gasteiger partial charge in [0.05, 0.1) is 24.7 Å². The number of nitrogens with one attached hydrogen (secondary N) is 1. The van der Waals surface area contributed by atoms with Gasteiger partial charge in [-0.05, 0) is 23.7 Å². The van der Waals surface area contributed by atoms with Crippen molar-refractivity contribution in [2.75, 3.05) is 7.11 Å². The zero-order chi connectivity index (χ0) is 17.1. The topological polar surface area (TPSA) is 110 Å². The SMILES string of the molecule is COC(=O)[C@H](CC(=O)Cl)NC(=O)N1C(=O)c2ccccc2C1=O. The van der Waals surface area contributed by atoms with Gasteiger partial charge in [0.1, 0.15) is 6.04 Å². The molecule has 8 nitrogen and oxygen atoms in total. The van der Waals surface area contributed by atoms with Crippen LogP contribution in [0.4, 0.5) is 4.79 Å². The van der Waals surface area contributed by atoms with E-state index in [4.69, 9.17) is 11.6 Å². The Morgan fingerprint density at radius 3 is 2.13 bits per heavy atom. The fourth-order valence-corrected chi connectivity index (χ4v) is 2.24. The number of hydrogen-bond donors (Lipinski definition) is 1. The summed E-state index contributed by atoms with van der Waals surface area (Å²) >= 11 is 5.20. The summed E-state index contributed by atoms with van der Waals surface area (Å²) in [4.78, 5) is 59.3. The Balaban J connectivity index is 2.21. The van der Waals surface area contributed by atoms with Crippen LogP contribution in [0.1, 0.15) is 27.1 Å². The van der Waals surface area contributed by atoms with E-state index in [9.17, 15) is 24.0 Å². The van der Waals surface area contributed by atoms with E-state index >= 15 is 0 Å². The number of carbonyl (C=O) groups excluding carboxylic acids is 5. The van der Waals surface area contributed by atoms with Crippen LogP contribution in [0.25, 0.3) is 0 Å². The Morgan fingerprint density at radius 1 is 1.17 bits per heavy atom. The number of imide groups is 3. The first-order valence-electron chi connectivity index (χ1n) is 6.41. The second kappa shape index (κ2) is 6.57. The molecule has 120 valence electrons. The Kier molecular flexibility index (Phi) is 4.75. The van der Waals surface area contributed by atoms with Crippen molar-refractivity contribution < 1.29 is 28.7 Å². The summed E-state index contributed by atoms with van der Waals surface area (Å²) in [6.07, 6.45) is -0.539. The van der Waals surface area contributed by atoms with Gasteiger partial charge >= 0.3 is 12.0 Å². The van der Waals surface area contributed by atoms with Crippen molar-refractivity contribution in [3.8, 4) is 0 Å². The molecule has 0 unspecified atom stereocenters. The molecule has 1 aliphatic rings. The number of halogens is 1. The molecular weight excluding hydrogens is 328 g/mol.